The van der Waals surface area contributed by atoms with Crippen molar-refractivity contribution in [2.45, 2.75) is 13.3 Å². The summed E-state index contributed by atoms with van der Waals surface area (Å²) in [6.07, 6.45) is 5.20. The standard InChI is InChI=1S/C24H26N4O2/c1-2-27-11-13-28(14-12-27)21-5-3-18(4-6-21)15-23(29)22-16-20(17-26-24(22)30)19-7-9-25-10-8-19/h3-10,16-17H,2,11-15H2,1H3,(H,26,30). The molecule has 1 fully saturated rings. The largest absolute Gasteiger partial charge is 0.369 e. The number of pyridine rings is 2. The van der Waals surface area contributed by atoms with E-state index in [0.29, 0.717) is 0 Å². The molecule has 4 rings (SSSR count). The topological polar surface area (TPSA) is 69.3 Å². The lowest BCUT2D eigenvalue weighted by Crippen LogP contribution is -2.46. The van der Waals surface area contributed by atoms with Crippen LogP contribution in [0.5, 0.6) is 0 Å². The van der Waals surface area contributed by atoms with Crippen molar-refractivity contribution in [2.75, 3.05) is 37.6 Å². The number of hydrogen-bond donors (Lipinski definition) is 1. The molecule has 0 spiro atoms. The number of benzene rings is 1. The summed E-state index contributed by atoms with van der Waals surface area (Å²) in [5.74, 6) is -0.184. The zero-order chi connectivity index (χ0) is 20.9. The van der Waals surface area contributed by atoms with E-state index in [1.807, 2.05) is 24.3 Å². The highest BCUT2D eigenvalue weighted by atomic mass is 16.1. The van der Waals surface area contributed by atoms with E-state index in [2.05, 4.69) is 38.8 Å². The third kappa shape index (κ3) is 4.49. The van der Waals surface area contributed by atoms with E-state index in [-0.39, 0.29) is 23.3 Å². The number of aromatic amines is 1. The highest BCUT2D eigenvalue weighted by Crippen LogP contribution is 2.20. The first-order valence-electron chi connectivity index (χ1n) is 10.4. The number of ketones is 1. The summed E-state index contributed by atoms with van der Waals surface area (Å²) in [7, 11) is 0. The predicted octanol–water partition coefficient (Wildman–Crippen LogP) is 3.00. The molecule has 3 heterocycles. The molecule has 1 aliphatic heterocycles. The molecule has 6 nitrogen and oxygen atoms in total. The molecular formula is C24H26N4O2. The van der Waals surface area contributed by atoms with Crippen LogP contribution in [0.4, 0.5) is 5.69 Å². The number of nitrogens with one attached hydrogen (secondary N) is 1. The van der Waals surface area contributed by atoms with E-state index in [9.17, 15) is 9.59 Å². The Balaban J connectivity index is 1.46. The zero-order valence-electron chi connectivity index (χ0n) is 17.2. The molecule has 0 atom stereocenters. The van der Waals surface area contributed by atoms with Gasteiger partial charge in [-0.1, -0.05) is 19.1 Å². The van der Waals surface area contributed by atoms with Crippen LogP contribution in [0, 0.1) is 0 Å². The van der Waals surface area contributed by atoms with Gasteiger partial charge < -0.3 is 14.8 Å². The second kappa shape index (κ2) is 9.05. The van der Waals surface area contributed by atoms with Crippen molar-refractivity contribution in [2.24, 2.45) is 0 Å². The maximum absolute atomic E-state index is 12.8. The first-order chi connectivity index (χ1) is 14.6. The van der Waals surface area contributed by atoms with Crippen molar-refractivity contribution in [3.63, 3.8) is 0 Å². The fraction of sp³-hybridized carbons (Fsp3) is 0.292. The number of carbonyl (C=O) groups excluding carboxylic acids is 1. The van der Waals surface area contributed by atoms with Crippen molar-refractivity contribution >= 4 is 11.5 Å². The Morgan fingerprint density at radius 2 is 1.70 bits per heavy atom. The van der Waals surface area contributed by atoms with Gasteiger partial charge in [-0.3, -0.25) is 14.6 Å². The zero-order valence-corrected chi connectivity index (χ0v) is 17.2. The number of H-pyrrole nitrogens is 1. The Bertz CT molecular complexity index is 1050. The van der Waals surface area contributed by atoms with E-state index in [4.69, 9.17) is 0 Å². The van der Waals surface area contributed by atoms with Crippen LogP contribution in [0.1, 0.15) is 22.8 Å². The molecule has 1 aliphatic rings. The number of aromatic nitrogens is 2. The Morgan fingerprint density at radius 3 is 2.37 bits per heavy atom. The molecule has 1 aromatic carbocycles. The fourth-order valence-corrected chi connectivity index (χ4v) is 3.83. The quantitative estimate of drug-likeness (QED) is 0.642. The SMILES string of the molecule is CCN1CCN(c2ccc(CC(=O)c3cc(-c4ccncc4)c[nH]c3=O)cc2)CC1. The van der Waals surface area contributed by atoms with E-state index in [0.717, 1.165) is 49.4 Å². The van der Waals surface area contributed by atoms with Crippen LogP contribution in [-0.2, 0) is 6.42 Å². The number of hydrogen-bond acceptors (Lipinski definition) is 5. The maximum atomic E-state index is 12.8. The average Bonchev–Trinajstić information content (AvgIpc) is 2.80. The molecule has 6 heteroatoms. The van der Waals surface area contributed by atoms with Crippen molar-refractivity contribution in [1.82, 2.24) is 14.9 Å². The lowest BCUT2D eigenvalue weighted by atomic mass is 10.0. The van der Waals surface area contributed by atoms with Gasteiger partial charge >= 0.3 is 0 Å². The number of likely N-dealkylation sites (N-methyl/N-ethyl adjacent to an activating group) is 1. The average molecular weight is 402 g/mol. The molecular weight excluding hydrogens is 376 g/mol. The molecule has 3 aromatic rings. The van der Waals surface area contributed by atoms with Gasteiger partial charge in [-0.05, 0) is 53.6 Å². The maximum Gasteiger partial charge on any atom is 0.258 e. The lowest BCUT2D eigenvalue weighted by molar-refractivity contribution is 0.0991. The Labute approximate surface area is 176 Å². The lowest BCUT2D eigenvalue weighted by Gasteiger charge is -2.35. The molecule has 0 saturated carbocycles. The minimum Gasteiger partial charge on any atom is -0.369 e. The fourth-order valence-electron chi connectivity index (χ4n) is 3.83. The van der Waals surface area contributed by atoms with Crippen molar-refractivity contribution < 1.29 is 4.79 Å². The van der Waals surface area contributed by atoms with Crippen LogP contribution in [0.2, 0.25) is 0 Å². The molecule has 2 aromatic heterocycles. The Hall–Kier alpha value is -3.25. The van der Waals surface area contributed by atoms with Crippen LogP contribution in [0.15, 0.2) is 65.8 Å². The second-order valence-electron chi connectivity index (χ2n) is 7.55. The Kier molecular flexibility index (Phi) is 6.05. The summed E-state index contributed by atoms with van der Waals surface area (Å²) in [5, 5.41) is 0. The molecule has 0 unspecified atom stereocenters. The van der Waals surface area contributed by atoms with Gasteiger partial charge in [0, 0.05) is 56.9 Å². The first kappa shape index (κ1) is 20.0. The number of carbonyl (C=O) groups is 1. The molecule has 1 N–H and O–H groups in total. The van der Waals surface area contributed by atoms with E-state index < -0.39 is 0 Å². The number of Topliss-reactive ketones (excluding diaryl/α,β-unsaturated/α-hetero) is 1. The third-order valence-corrected chi connectivity index (χ3v) is 5.70. The van der Waals surface area contributed by atoms with Gasteiger partial charge in [-0.2, -0.15) is 0 Å². The van der Waals surface area contributed by atoms with E-state index in [1.54, 1.807) is 24.7 Å². The second-order valence-corrected chi connectivity index (χ2v) is 7.55. The molecule has 1 saturated heterocycles. The first-order valence-corrected chi connectivity index (χ1v) is 10.4. The highest BCUT2D eigenvalue weighted by Gasteiger charge is 2.17. The molecule has 0 bridgehead atoms. The van der Waals surface area contributed by atoms with Crippen LogP contribution >= 0.6 is 0 Å². The van der Waals surface area contributed by atoms with E-state index >= 15 is 0 Å². The molecule has 0 aliphatic carbocycles. The molecule has 154 valence electrons. The molecule has 0 amide bonds. The van der Waals surface area contributed by atoms with Gasteiger partial charge in [-0.15, -0.1) is 0 Å². The summed E-state index contributed by atoms with van der Waals surface area (Å²) in [6.45, 7) is 7.48. The van der Waals surface area contributed by atoms with Gasteiger partial charge in [0.2, 0.25) is 0 Å². The number of rotatable bonds is 6. The van der Waals surface area contributed by atoms with Crippen LogP contribution < -0.4 is 10.5 Å². The monoisotopic (exact) mass is 402 g/mol. The number of anilines is 1. The predicted molar refractivity (Wildman–Crippen MR) is 119 cm³/mol. The minimum atomic E-state index is -0.358. The molecule has 30 heavy (non-hydrogen) atoms. The van der Waals surface area contributed by atoms with Gasteiger partial charge in [0.25, 0.3) is 5.56 Å². The highest BCUT2D eigenvalue weighted by molar-refractivity contribution is 5.98. The van der Waals surface area contributed by atoms with Gasteiger partial charge in [0.15, 0.2) is 5.78 Å². The van der Waals surface area contributed by atoms with Crippen LogP contribution in [0.3, 0.4) is 0 Å². The summed E-state index contributed by atoms with van der Waals surface area (Å²) >= 11 is 0. The normalized spacial score (nSPS) is 14.6. The number of piperazine rings is 1. The van der Waals surface area contributed by atoms with Crippen molar-refractivity contribution in [3.8, 4) is 11.1 Å². The third-order valence-electron chi connectivity index (χ3n) is 5.70. The van der Waals surface area contributed by atoms with Crippen LogP contribution in [-0.4, -0.2) is 53.4 Å². The van der Waals surface area contributed by atoms with Gasteiger partial charge in [0.1, 0.15) is 0 Å². The molecule has 0 radical (unpaired) electrons. The van der Waals surface area contributed by atoms with Gasteiger partial charge in [-0.25, -0.2) is 0 Å². The minimum absolute atomic E-state index is 0.184. The Morgan fingerprint density at radius 1 is 1.00 bits per heavy atom. The van der Waals surface area contributed by atoms with E-state index in [1.165, 1.54) is 5.69 Å². The summed E-state index contributed by atoms with van der Waals surface area (Å²) in [5.41, 5.74) is 3.61. The summed E-state index contributed by atoms with van der Waals surface area (Å²) in [4.78, 5) is 36.6. The van der Waals surface area contributed by atoms with Gasteiger partial charge in [0.05, 0.1) is 5.56 Å². The number of nitrogens with zero attached hydrogens (tertiary/aromatic N) is 3. The summed E-state index contributed by atoms with van der Waals surface area (Å²) in [6, 6.07) is 13.5. The van der Waals surface area contributed by atoms with Crippen molar-refractivity contribution in [3.05, 3.63) is 82.5 Å². The van der Waals surface area contributed by atoms with Crippen molar-refractivity contribution in [1.29, 1.82) is 0 Å². The summed E-state index contributed by atoms with van der Waals surface area (Å²) < 4.78 is 0. The smallest absolute Gasteiger partial charge is 0.258 e. The van der Waals surface area contributed by atoms with Crippen LogP contribution in [0.25, 0.3) is 11.1 Å².